The first-order valence-corrected chi connectivity index (χ1v) is 9.69. The molecule has 2 aromatic rings. The number of thiazole rings is 1. The Balaban J connectivity index is 2.02. The lowest BCUT2D eigenvalue weighted by molar-refractivity contribution is -0.146. The Labute approximate surface area is 150 Å². The number of hydrogen-bond donors (Lipinski definition) is 0. The molecule has 1 atom stereocenters. The number of rotatable bonds is 10. The zero-order chi connectivity index (χ0) is 17.5. The molecule has 134 valence electrons. The maximum absolute atomic E-state index is 5.59. The van der Waals surface area contributed by atoms with Crippen molar-refractivity contribution in [1.29, 1.82) is 0 Å². The average molecular weight is 373 g/mol. The van der Waals surface area contributed by atoms with Gasteiger partial charge < -0.3 is 18.8 Å². The Morgan fingerprint density at radius 1 is 1.25 bits per heavy atom. The predicted octanol–water partition coefficient (Wildman–Crippen LogP) is 3.34. The third-order valence-corrected chi connectivity index (χ3v) is 5.44. The smallest absolute Gasteiger partial charge is 0.219 e. The highest BCUT2D eigenvalue weighted by atomic mass is 32.2. The van der Waals surface area contributed by atoms with Crippen molar-refractivity contribution in [1.82, 2.24) is 19.7 Å². The van der Waals surface area contributed by atoms with Crippen LogP contribution in [0.5, 0.6) is 0 Å². The van der Waals surface area contributed by atoms with Crippen molar-refractivity contribution in [2.24, 2.45) is 7.05 Å². The van der Waals surface area contributed by atoms with E-state index in [0.29, 0.717) is 19.0 Å². The molecule has 7 nitrogen and oxygen atoms in total. The van der Waals surface area contributed by atoms with E-state index in [1.165, 1.54) is 0 Å². The fourth-order valence-corrected chi connectivity index (χ4v) is 3.74. The van der Waals surface area contributed by atoms with Crippen molar-refractivity contribution in [2.45, 2.75) is 44.1 Å². The van der Waals surface area contributed by atoms with Gasteiger partial charge in [-0.05, 0) is 20.8 Å². The molecule has 2 rings (SSSR count). The van der Waals surface area contributed by atoms with Crippen molar-refractivity contribution < 1.29 is 14.2 Å². The molecular weight excluding hydrogens is 348 g/mol. The van der Waals surface area contributed by atoms with Gasteiger partial charge in [-0.2, -0.15) is 0 Å². The van der Waals surface area contributed by atoms with Crippen molar-refractivity contribution in [3.8, 4) is 0 Å². The van der Waals surface area contributed by atoms with Crippen LogP contribution in [0.2, 0.25) is 0 Å². The van der Waals surface area contributed by atoms with Crippen LogP contribution in [0.25, 0.3) is 0 Å². The molecule has 0 saturated carbocycles. The lowest BCUT2D eigenvalue weighted by Gasteiger charge is -2.15. The summed E-state index contributed by atoms with van der Waals surface area (Å²) in [6.45, 7) is 6.96. The molecule has 0 N–H and O–H groups in total. The summed E-state index contributed by atoms with van der Waals surface area (Å²) in [5.74, 6) is 1.40. The van der Waals surface area contributed by atoms with E-state index in [-0.39, 0.29) is 6.10 Å². The van der Waals surface area contributed by atoms with Gasteiger partial charge in [-0.25, -0.2) is 4.98 Å². The van der Waals surface area contributed by atoms with E-state index in [0.717, 1.165) is 21.6 Å². The number of ether oxygens (including phenoxy) is 3. The summed E-state index contributed by atoms with van der Waals surface area (Å²) in [6, 6.07) is 0. The van der Waals surface area contributed by atoms with Crippen LogP contribution in [0.1, 0.15) is 49.7 Å². The summed E-state index contributed by atoms with van der Waals surface area (Å²) in [5.41, 5.74) is 1.01. The molecule has 0 aliphatic carbocycles. The molecule has 0 spiro atoms. The van der Waals surface area contributed by atoms with Gasteiger partial charge in [0.15, 0.2) is 11.0 Å². The van der Waals surface area contributed by atoms with Gasteiger partial charge in [-0.3, -0.25) is 0 Å². The summed E-state index contributed by atoms with van der Waals surface area (Å²) in [4.78, 5) is 4.59. The van der Waals surface area contributed by atoms with Crippen LogP contribution in [0, 0.1) is 0 Å². The fourth-order valence-electron chi connectivity index (χ4n) is 1.97. The molecule has 2 heterocycles. The lowest BCUT2D eigenvalue weighted by Crippen LogP contribution is -2.14. The van der Waals surface area contributed by atoms with Gasteiger partial charge in [0.25, 0.3) is 0 Å². The Morgan fingerprint density at radius 3 is 2.58 bits per heavy atom. The van der Waals surface area contributed by atoms with E-state index in [1.807, 2.05) is 32.4 Å². The zero-order valence-corrected chi connectivity index (χ0v) is 16.3. The molecule has 0 saturated heterocycles. The lowest BCUT2D eigenvalue weighted by atomic mass is 10.4. The minimum atomic E-state index is -0.486. The van der Waals surface area contributed by atoms with Crippen LogP contribution in [-0.4, -0.2) is 40.1 Å². The normalized spacial score (nSPS) is 12.9. The van der Waals surface area contributed by atoms with Gasteiger partial charge in [0, 0.05) is 38.5 Å². The van der Waals surface area contributed by atoms with E-state index in [9.17, 15) is 0 Å². The van der Waals surface area contributed by atoms with E-state index < -0.39 is 6.29 Å². The molecule has 1 unspecified atom stereocenters. The second-order valence-corrected chi connectivity index (χ2v) is 6.82. The van der Waals surface area contributed by atoms with Crippen LogP contribution in [0.3, 0.4) is 0 Å². The molecule has 9 heteroatoms. The zero-order valence-electron chi connectivity index (χ0n) is 14.7. The highest BCUT2D eigenvalue weighted by Gasteiger charge is 2.20. The Hall–Kier alpha value is -1.00. The van der Waals surface area contributed by atoms with E-state index in [2.05, 4.69) is 20.6 Å². The fraction of sp³-hybridized carbons (Fsp3) is 0.667. The molecule has 24 heavy (non-hydrogen) atoms. The number of aromatic nitrogens is 4. The second kappa shape index (κ2) is 9.47. The number of methoxy groups -OCH3 is 1. The second-order valence-electron chi connectivity index (χ2n) is 4.99. The molecule has 0 radical (unpaired) electrons. The SMILES string of the molecule is CCOC(OCC)c1nnc(SCc2csc(C(C)OC)n2)n1C. The Kier molecular flexibility index (Phi) is 7.63. The number of nitrogens with zero attached hydrogens (tertiary/aromatic N) is 4. The number of thioether (sulfide) groups is 1. The molecule has 2 aromatic heterocycles. The molecule has 0 fully saturated rings. The first-order valence-electron chi connectivity index (χ1n) is 7.83. The summed E-state index contributed by atoms with van der Waals surface area (Å²) in [6.07, 6.45) is -0.464. The quantitative estimate of drug-likeness (QED) is 0.468. The summed E-state index contributed by atoms with van der Waals surface area (Å²) in [7, 11) is 3.61. The monoisotopic (exact) mass is 372 g/mol. The molecule has 0 aliphatic heterocycles. The van der Waals surface area contributed by atoms with Crippen molar-refractivity contribution in [2.75, 3.05) is 20.3 Å². The van der Waals surface area contributed by atoms with Crippen LogP contribution in [0.15, 0.2) is 10.5 Å². The van der Waals surface area contributed by atoms with Gasteiger partial charge >= 0.3 is 0 Å². The molecular formula is C15H24N4O3S2. The third-order valence-electron chi connectivity index (χ3n) is 3.34. The standard InChI is InChI=1S/C15H24N4O3S2/c1-6-21-14(22-7-2)12-17-18-15(19(12)4)24-9-11-8-23-13(16-11)10(3)20-5/h8,10,14H,6-7,9H2,1-5H3. The molecule has 0 bridgehead atoms. The highest BCUT2D eigenvalue weighted by molar-refractivity contribution is 7.98. The maximum atomic E-state index is 5.59. The minimum absolute atomic E-state index is 0.0216. The highest BCUT2D eigenvalue weighted by Crippen LogP contribution is 2.27. The Bertz CT molecular complexity index is 626. The molecule has 0 amide bonds. The van der Waals surface area contributed by atoms with Gasteiger partial charge in [-0.1, -0.05) is 11.8 Å². The number of hydrogen-bond acceptors (Lipinski definition) is 8. The molecule has 0 aromatic carbocycles. The van der Waals surface area contributed by atoms with Crippen molar-refractivity contribution in [3.05, 3.63) is 21.9 Å². The van der Waals surface area contributed by atoms with Crippen molar-refractivity contribution >= 4 is 23.1 Å². The maximum Gasteiger partial charge on any atom is 0.219 e. The summed E-state index contributed by atoms with van der Waals surface area (Å²) >= 11 is 3.20. The van der Waals surface area contributed by atoms with Gasteiger partial charge in [0.05, 0.1) is 5.69 Å². The van der Waals surface area contributed by atoms with E-state index in [4.69, 9.17) is 14.2 Å². The Morgan fingerprint density at radius 2 is 1.96 bits per heavy atom. The van der Waals surface area contributed by atoms with Gasteiger partial charge in [0.1, 0.15) is 11.1 Å². The summed E-state index contributed by atoms with van der Waals surface area (Å²) in [5, 5.41) is 12.3. The van der Waals surface area contributed by atoms with Crippen LogP contribution >= 0.6 is 23.1 Å². The minimum Gasteiger partial charge on any atom is -0.375 e. The van der Waals surface area contributed by atoms with Crippen LogP contribution in [-0.2, 0) is 27.0 Å². The van der Waals surface area contributed by atoms with Gasteiger partial charge in [0.2, 0.25) is 6.29 Å². The largest absolute Gasteiger partial charge is 0.375 e. The van der Waals surface area contributed by atoms with Gasteiger partial charge in [-0.15, -0.1) is 21.5 Å². The third kappa shape index (κ3) is 4.76. The molecule has 0 aliphatic rings. The summed E-state index contributed by atoms with van der Waals surface area (Å²) < 4.78 is 18.4. The van der Waals surface area contributed by atoms with E-state index in [1.54, 1.807) is 30.2 Å². The topological polar surface area (TPSA) is 71.3 Å². The van der Waals surface area contributed by atoms with Crippen LogP contribution in [0.4, 0.5) is 0 Å². The van der Waals surface area contributed by atoms with Crippen molar-refractivity contribution in [3.63, 3.8) is 0 Å². The first kappa shape index (κ1) is 19.3. The van der Waals surface area contributed by atoms with E-state index >= 15 is 0 Å². The predicted molar refractivity (Wildman–Crippen MR) is 94.1 cm³/mol. The van der Waals surface area contributed by atoms with Crippen LogP contribution < -0.4 is 0 Å². The average Bonchev–Trinajstić information content (AvgIpc) is 3.19. The first-order chi connectivity index (χ1) is 11.6.